The molecule has 2 N–H and O–H groups in total. The first-order valence-corrected chi connectivity index (χ1v) is 6.71. The summed E-state index contributed by atoms with van der Waals surface area (Å²) in [5, 5.41) is 4.05. The zero-order valence-corrected chi connectivity index (χ0v) is 12.2. The topological polar surface area (TPSA) is 87.6 Å². The van der Waals surface area contributed by atoms with Crippen molar-refractivity contribution in [3.8, 4) is 0 Å². The van der Waals surface area contributed by atoms with Gasteiger partial charge in [0.05, 0.1) is 6.04 Å². The van der Waals surface area contributed by atoms with E-state index in [-0.39, 0.29) is 6.04 Å². The van der Waals surface area contributed by atoms with E-state index in [1.165, 1.54) is 6.21 Å². The molecule has 20 heavy (non-hydrogen) atoms. The lowest BCUT2D eigenvalue weighted by molar-refractivity contribution is -0.132. The first-order valence-electron chi connectivity index (χ1n) is 5.92. The molecule has 0 radical (unpaired) electrons. The molecule has 0 spiro atoms. The highest BCUT2D eigenvalue weighted by Gasteiger charge is 2.32. The third kappa shape index (κ3) is 3.30. The monoisotopic (exact) mass is 337 g/mol. The number of halogens is 1. The standard InChI is InChI=1S/C13H12BrN3O3/c1-7(8-2-4-9(14)5-3-8)15-6-10-11(18)16-13(20)17-12(10)19/h2-7,10H,1H3,(H2,16,17,18,19,20)/t7-/m0/s1. The molecule has 1 saturated heterocycles. The highest BCUT2D eigenvalue weighted by Crippen LogP contribution is 2.19. The van der Waals surface area contributed by atoms with E-state index in [0.29, 0.717) is 0 Å². The summed E-state index contributed by atoms with van der Waals surface area (Å²) in [7, 11) is 0. The summed E-state index contributed by atoms with van der Waals surface area (Å²) in [6, 6.07) is 6.58. The number of carbonyl (C=O) groups is 3. The fourth-order valence-electron chi connectivity index (χ4n) is 1.71. The Morgan fingerprint density at radius 1 is 1.15 bits per heavy atom. The Labute approximate surface area is 123 Å². The molecule has 1 atom stereocenters. The van der Waals surface area contributed by atoms with Crippen LogP contribution in [0.2, 0.25) is 0 Å². The smallest absolute Gasteiger partial charge is 0.288 e. The Balaban J connectivity index is 2.08. The normalized spacial score (nSPS) is 18.0. The maximum atomic E-state index is 11.5. The average Bonchev–Trinajstić information content (AvgIpc) is 2.38. The van der Waals surface area contributed by atoms with Crippen molar-refractivity contribution in [2.24, 2.45) is 10.9 Å². The Kier molecular flexibility index (Phi) is 4.29. The van der Waals surface area contributed by atoms with E-state index in [2.05, 4.69) is 20.9 Å². The van der Waals surface area contributed by atoms with Crippen LogP contribution >= 0.6 is 15.9 Å². The van der Waals surface area contributed by atoms with E-state index in [0.717, 1.165) is 10.0 Å². The van der Waals surface area contributed by atoms with Crippen LogP contribution in [-0.4, -0.2) is 24.1 Å². The van der Waals surface area contributed by atoms with Crippen LogP contribution in [0.3, 0.4) is 0 Å². The van der Waals surface area contributed by atoms with E-state index in [9.17, 15) is 14.4 Å². The van der Waals surface area contributed by atoms with Crippen LogP contribution in [0, 0.1) is 5.92 Å². The van der Waals surface area contributed by atoms with Gasteiger partial charge in [-0.3, -0.25) is 25.2 Å². The number of barbiturate groups is 1. The summed E-state index contributed by atoms with van der Waals surface area (Å²) in [5.74, 6) is -2.40. The van der Waals surface area contributed by atoms with Gasteiger partial charge in [-0.25, -0.2) is 4.79 Å². The number of imide groups is 2. The molecule has 1 fully saturated rings. The number of aliphatic imine (C=N–C) groups is 1. The number of hydrogen-bond donors (Lipinski definition) is 2. The van der Waals surface area contributed by atoms with Crippen LogP contribution in [0.4, 0.5) is 4.79 Å². The summed E-state index contributed by atoms with van der Waals surface area (Å²) in [4.78, 5) is 38.1. The lowest BCUT2D eigenvalue weighted by Gasteiger charge is -2.17. The van der Waals surface area contributed by atoms with Crippen molar-refractivity contribution in [2.45, 2.75) is 13.0 Å². The molecular formula is C13H12BrN3O3. The minimum Gasteiger partial charge on any atom is -0.288 e. The van der Waals surface area contributed by atoms with Gasteiger partial charge < -0.3 is 0 Å². The molecule has 0 saturated carbocycles. The quantitative estimate of drug-likeness (QED) is 0.648. The van der Waals surface area contributed by atoms with E-state index in [1.807, 2.05) is 41.8 Å². The molecule has 0 aliphatic carbocycles. The lowest BCUT2D eigenvalue weighted by Crippen LogP contribution is -2.56. The molecule has 1 aromatic rings. The van der Waals surface area contributed by atoms with Gasteiger partial charge in [0, 0.05) is 10.7 Å². The largest absolute Gasteiger partial charge is 0.328 e. The average molecular weight is 338 g/mol. The first kappa shape index (κ1) is 14.4. The number of amides is 4. The van der Waals surface area contributed by atoms with Crippen molar-refractivity contribution in [3.63, 3.8) is 0 Å². The van der Waals surface area contributed by atoms with Gasteiger partial charge in [0.1, 0.15) is 0 Å². The van der Waals surface area contributed by atoms with Gasteiger partial charge in [-0.15, -0.1) is 0 Å². The minimum absolute atomic E-state index is 0.193. The van der Waals surface area contributed by atoms with E-state index in [4.69, 9.17) is 0 Å². The molecule has 1 heterocycles. The number of urea groups is 1. The van der Waals surface area contributed by atoms with E-state index >= 15 is 0 Å². The summed E-state index contributed by atoms with van der Waals surface area (Å²) in [6.07, 6.45) is 1.27. The van der Waals surface area contributed by atoms with Gasteiger partial charge >= 0.3 is 6.03 Å². The van der Waals surface area contributed by atoms with Gasteiger partial charge in [-0.1, -0.05) is 28.1 Å². The van der Waals surface area contributed by atoms with Gasteiger partial charge in [0.15, 0.2) is 5.92 Å². The molecule has 0 bridgehead atoms. The van der Waals surface area contributed by atoms with Gasteiger partial charge in [0.25, 0.3) is 0 Å². The summed E-state index contributed by atoms with van der Waals surface area (Å²) >= 11 is 3.34. The number of nitrogens with one attached hydrogen (secondary N) is 2. The number of rotatable bonds is 3. The molecule has 7 heteroatoms. The third-order valence-corrected chi connectivity index (χ3v) is 3.38. The molecule has 1 aromatic carbocycles. The Morgan fingerprint density at radius 3 is 2.25 bits per heavy atom. The molecule has 1 aliphatic rings. The van der Waals surface area contributed by atoms with Crippen LogP contribution in [-0.2, 0) is 9.59 Å². The molecule has 0 aromatic heterocycles. The highest BCUT2D eigenvalue weighted by atomic mass is 79.9. The van der Waals surface area contributed by atoms with Crippen molar-refractivity contribution >= 4 is 40.0 Å². The van der Waals surface area contributed by atoms with Crippen LogP contribution in [0.5, 0.6) is 0 Å². The number of carbonyl (C=O) groups excluding carboxylic acids is 3. The van der Waals surface area contributed by atoms with Crippen molar-refractivity contribution in [1.82, 2.24) is 10.6 Å². The third-order valence-electron chi connectivity index (χ3n) is 2.85. The van der Waals surface area contributed by atoms with Gasteiger partial charge in [-0.2, -0.15) is 0 Å². The second kappa shape index (κ2) is 5.96. The van der Waals surface area contributed by atoms with Crippen LogP contribution < -0.4 is 10.6 Å². The van der Waals surface area contributed by atoms with E-state index < -0.39 is 23.8 Å². The Morgan fingerprint density at radius 2 is 1.70 bits per heavy atom. The second-order valence-corrected chi connectivity index (χ2v) is 5.23. The summed E-state index contributed by atoms with van der Waals surface area (Å²) in [6.45, 7) is 1.85. The fraction of sp³-hybridized carbons (Fsp3) is 0.231. The molecule has 104 valence electrons. The van der Waals surface area contributed by atoms with Crippen molar-refractivity contribution in [1.29, 1.82) is 0 Å². The highest BCUT2D eigenvalue weighted by molar-refractivity contribution is 9.10. The molecule has 4 amide bonds. The van der Waals surface area contributed by atoms with Crippen molar-refractivity contribution in [3.05, 3.63) is 34.3 Å². The maximum absolute atomic E-state index is 11.5. The molecule has 0 unspecified atom stereocenters. The van der Waals surface area contributed by atoms with E-state index in [1.54, 1.807) is 0 Å². The fourth-order valence-corrected chi connectivity index (χ4v) is 1.97. The molecular weight excluding hydrogens is 326 g/mol. The zero-order chi connectivity index (χ0) is 14.7. The zero-order valence-electron chi connectivity index (χ0n) is 10.6. The second-order valence-electron chi connectivity index (χ2n) is 4.31. The number of benzene rings is 1. The van der Waals surface area contributed by atoms with Crippen molar-refractivity contribution in [2.75, 3.05) is 0 Å². The molecule has 2 rings (SSSR count). The van der Waals surface area contributed by atoms with Gasteiger partial charge in [-0.05, 0) is 24.6 Å². The summed E-state index contributed by atoms with van der Waals surface area (Å²) in [5.41, 5.74) is 0.956. The van der Waals surface area contributed by atoms with Crippen LogP contribution in [0.1, 0.15) is 18.5 Å². The Bertz CT molecular complexity index is 563. The van der Waals surface area contributed by atoms with Gasteiger partial charge in [0.2, 0.25) is 11.8 Å². The number of hydrogen-bond acceptors (Lipinski definition) is 4. The minimum atomic E-state index is -1.08. The Hall–Kier alpha value is -2.02. The van der Waals surface area contributed by atoms with Crippen LogP contribution in [0.15, 0.2) is 33.7 Å². The summed E-state index contributed by atoms with van der Waals surface area (Å²) < 4.78 is 0.960. The van der Waals surface area contributed by atoms with Crippen LogP contribution in [0.25, 0.3) is 0 Å². The molecule has 6 nitrogen and oxygen atoms in total. The SMILES string of the molecule is C[C@H](N=CC1C(=O)NC(=O)NC1=O)c1ccc(Br)cc1. The van der Waals surface area contributed by atoms with Crippen molar-refractivity contribution < 1.29 is 14.4 Å². The number of nitrogens with zero attached hydrogens (tertiary/aromatic N) is 1. The maximum Gasteiger partial charge on any atom is 0.328 e. The first-order chi connectivity index (χ1) is 9.47. The predicted octanol–water partition coefficient (Wildman–Crippen LogP) is 1.56. The molecule has 1 aliphatic heterocycles. The lowest BCUT2D eigenvalue weighted by atomic mass is 10.1. The predicted molar refractivity (Wildman–Crippen MR) is 76.2 cm³/mol.